The van der Waals surface area contributed by atoms with Crippen LogP contribution in [0.25, 0.3) is 0 Å². The van der Waals surface area contributed by atoms with Crippen molar-refractivity contribution in [2.75, 3.05) is 0 Å². The Morgan fingerprint density at radius 2 is 2.24 bits per heavy atom. The van der Waals surface area contributed by atoms with Gasteiger partial charge in [-0.15, -0.1) is 0 Å². The van der Waals surface area contributed by atoms with Crippen LogP contribution >= 0.6 is 0 Å². The number of unbranched alkanes of at least 4 members (excludes halogenated alkanes) is 1. The van der Waals surface area contributed by atoms with Gasteiger partial charge in [0, 0.05) is 6.42 Å². The molecule has 0 aromatic heterocycles. The maximum Gasteiger partial charge on any atom is 0.320 e. The Morgan fingerprint density at radius 3 is 2.94 bits per heavy atom. The van der Waals surface area contributed by atoms with E-state index in [0.717, 1.165) is 44.4 Å². The Labute approximate surface area is 102 Å². The zero-order valence-corrected chi connectivity index (χ0v) is 10.3. The lowest BCUT2D eigenvalue weighted by Crippen LogP contribution is -2.29. The zero-order valence-electron chi connectivity index (χ0n) is 10.3. The van der Waals surface area contributed by atoms with Crippen LogP contribution in [0.15, 0.2) is 4.99 Å². The Hall–Kier alpha value is -1.10. The van der Waals surface area contributed by atoms with E-state index in [1.165, 1.54) is 6.42 Å². The molecule has 0 radical (unpaired) electrons. The second-order valence-electron chi connectivity index (χ2n) is 4.75. The minimum absolute atomic E-state index is 0.332. The van der Waals surface area contributed by atoms with E-state index in [0.29, 0.717) is 12.5 Å². The summed E-state index contributed by atoms with van der Waals surface area (Å²) < 4.78 is 0. The molecule has 0 aliphatic carbocycles. The van der Waals surface area contributed by atoms with Crippen molar-refractivity contribution in [2.45, 2.75) is 63.5 Å². The van der Waals surface area contributed by atoms with E-state index in [-0.39, 0.29) is 0 Å². The Morgan fingerprint density at radius 1 is 1.47 bits per heavy atom. The molecule has 0 amide bonds. The summed E-state index contributed by atoms with van der Waals surface area (Å²) in [5.41, 5.74) is 11.2. The first-order chi connectivity index (χ1) is 8.09. The fourth-order valence-corrected chi connectivity index (χ4v) is 2.13. The maximum atomic E-state index is 10.5. The minimum atomic E-state index is -0.915. The van der Waals surface area contributed by atoms with Crippen molar-refractivity contribution in [2.24, 2.45) is 16.5 Å². The molecule has 0 saturated carbocycles. The predicted molar refractivity (Wildman–Crippen MR) is 68.0 cm³/mol. The van der Waals surface area contributed by atoms with Crippen LogP contribution in [0.3, 0.4) is 0 Å². The lowest BCUT2D eigenvalue weighted by molar-refractivity contribution is -0.138. The molecule has 1 aliphatic rings. The molecule has 0 aromatic rings. The van der Waals surface area contributed by atoms with Crippen molar-refractivity contribution in [3.63, 3.8) is 0 Å². The molecule has 5 nitrogen and oxygen atoms in total. The van der Waals surface area contributed by atoms with Crippen molar-refractivity contribution >= 4 is 11.8 Å². The molecule has 1 rings (SSSR count). The topological polar surface area (TPSA) is 102 Å². The second kappa shape index (κ2) is 7.27. The molecule has 5 heteroatoms. The van der Waals surface area contributed by atoms with Crippen molar-refractivity contribution in [3.05, 3.63) is 0 Å². The number of rotatable bonds is 6. The summed E-state index contributed by atoms with van der Waals surface area (Å²) in [6, 6.07) is -0.392. The van der Waals surface area contributed by atoms with Gasteiger partial charge in [0.25, 0.3) is 0 Å². The number of carboxylic acids is 1. The molecule has 1 aliphatic heterocycles. The molecule has 17 heavy (non-hydrogen) atoms. The standard InChI is InChI=1S/C12H23N3O2/c13-10(12(16)17)7-3-1-5-9-6-2-4-8-11(14)15-9/h9-10H,1-8,13H2,(H2,14,15)(H,16,17)/t9?,10-/m1/s1. The molecule has 0 aromatic carbocycles. The Bertz CT molecular complexity index is 279. The minimum Gasteiger partial charge on any atom is -0.480 e. The van der Waals surface area contributed by atoms with Gasteiger partial charge in [-0.05, 0) is 25.7 Å². The molecule has 0 bridgehead atoms. The number of nitrogens with two attached hydrogens (primary N) is 2. The van der Waals surface area contributed by atoms with E-state index in [1.807, 2.05) is 0 Å². The van der Waals surface area contributed by atoms with Gasteiger partial charge >= 0.3 is 5.97 Å². The summed E-state index contributed by atoms with van der Waals surface area (Å²) >= 11 is 0. The molecular formula is C12H23N3O2. The highest BCUT2D eigenvalue weighted by Gasteiger charge is 2.13. The Kier molecular flexibility index (Phi) is 5.97. The maximum absolute atomic E-state index is 10.5. The van der Waals surface area contributed by atoms with Gasteiger partial charge < -0.3 is 16.6 Å². The fourth-order valence-electron chi connectivity index (χ4n) is 2.13. The van der Waals surface area contributed by atoms with Crippen LogP contribution < -0.4 is 11.5 Å². The van der Waals surface area contributed by atoms with Gasteiger partial charge in [-0.2, -0.15) is 0 Å². The predicted octanol–water partition coefficient (Wildman–Crippen LogP) is 1.26. The molecule has 0 saturated heterocycles. The van der Waals surface area contributed by atoms with E-state index >= 15 is 0 Å². The van der Waals surface area contributed by atoms with E-state index in [1.54, 1.807) is 0 Å². The molecule has 1 heterocycles. The van der Waals surface area contributed by atoms with E-state index < -0.39 is 12.0 Å². The van der Waals surface area contributed by atoms with Crippen LogP contribution in [-0.4, -0.2) is 29.0 Å². The third kappa shape index (κ3) is 5.68. The number of amidine groups is 1. The largest absolute Gasteiger partial charge is 0.480 e. The Balaban J connectivity index is 2.17. The van der Waals surface area contributed by atoms with Gasteiger partial charge in [0.2, 0.25) is 0 Å². The SMILES string of the molecule is NC1=NC(CCCC[C@@H](N)C(=O)O)CCCC1. The van der Waals surface area contributed by atoms with E-state index in [4.69, 9.17) is 16.6 Å². The summed E-state index contributed by atoms with van der Waals surface area (Å²) in [5, 5.41) is 8.64. The second-order valence-corrected chi connectivity index (χ2v) is 4.75. The lowest BCUT2D eigenvalue weighted by Gasteiger charge is -2.11. The number of carbonyl (C=O) groups is 1. The van der Waals surface area contributed by atoms with Gasteiger partial charge in [-0.3, -0.25) is 9.79 Å². The smallest absolute Gasteiger partial charge is 0.320 e. The first-order valence-corrected chi connectivity index (χ1v) is 6.40. The quantitative estimate of drug-likeness (QED) is 0.609. The van der Waals surface area contributed by atoms with Crippen LogP contribution in [0.5, 0.6) is 0 Å². The summed E-state index contributed by atoms with van der Waals surface area (Å²) in [4.78, 5) is 15.0. The first kappa shape index (κ1) is 14.0. The molecule has 2 atom stereocenters. The molecule has 0 spiro atoms. The monoisotopic (exact) mass is 241 g/mol. The number of nitrogens with zero attached hydrogens (tertiary/aromatic N) is 1. The van der Waals surface area contributed by atoms with Crippen molar-refractivity contribution in [3.8, 4) is 0 Å². The third-order valence-electron chi connectivity index (χ3n) is 3.19. The number of aliphatic carboxylic acids is 1. The summed E-state index contributed by atoms with van der Waals surface area (Å²) in [5.74, 6) is -0.142. The average Bonchev–Trinajstić information content (AvgIpc) is 2.48. The highest BCUT2D eigenvalue weighted by molar-refractivity contribution is 5.80. The molecule has 5 N–H and O–H groups in total. The van der Waals surface area contributed by atoms with Gasteiger partial charge in [-0.25, -0.2) is 0 Å². The first-order valence-electron chi connectivity index (χ1n) is 6.40. The van der Waals surface area contributed by atoms with Gasteiger partial charge in [-0.1, -0.05) is 19.3 Å². The average molecular weight is 241 g/mol. The molecule has 1 unspecified atom stereocenters. The van der Waals surface area contributed by atoms with Crippen molar-refractivity contribution < 1.29 is 9.90 Å². The molecular weight excluding hydrogens is 218 g/mol. The van der Waals surface area contributed by atoms with Crippen LogP contribution in [0, 0.1) is 0 Å². The number of carboxylic acid groups (broad SMARTS) is 1. The number of hydrogen-bond acceptors (Lipinski definition) is 4. The van der Waals surface area contributed by atoms with E-state index in [9.17, 15) is 4.79 Å². The van der Waals surface area contributed by atoms with Crippen LogP contribution in [0.1, 0.15) is 51.4 Å². The third-order valence-corrected chi connectivity index (χ3v) is 3.19. The molecule has 98 valence electrons. The van der Waals surface area contributed by atoms with Crippen LogP contribution in [-0.2, 0) is 4.79 Å². The molecule has 0 fully saturated rings. The highest BCUT2D eigenvalue weighted by Crippen LogP contribution is 2.17. The summed E-state index contributed by atoms with van der Waals surface area (Å²) in [7, 11) is 0. The normalized spacial score (nSPS) is 22.6. The van der Waals surface area contributed by atoms with Crippen molar-refractivity contribution in [1.29, 1.82) is 0 Å². The lowest BCUT2D eigenvalue weighted by atomic mass is 10.0. The van der Waals surface area contributed by atoms with E-state index in [2.05, 4.69) is 4.99 Å². The summed E-state index contributed by atoms with van der Waals surface area (Å²) in [6.07, 6.45) is 7.70. The summed E-state index contributed by atoms with van der Waals surface area (Å²) in [6.45, 7) is 0. The van der Waals surface area contributed by atoms with Crippen molar-refractivity contribution in [1.82, 2.24) is 0 Å². The van der Waals surface area contributed by atoms with Gasteiger partial charge in [0.15, 0.2) is 0 Å². The number of aliphatic imine (C=N–C) groups is 1. The van der Waals surface area contributed by atoms with Crippen LogP contribution in [0.4, 0.5) is 0 Å². The highest BCUT2D eigenvalue weighted by atomic mass is 16.4. The number of hydrogen-bond donors (Lipinski definition) is 3. The fraction of sp³-hybridized carbons (Fsp3) is 0.833. The van der Waals surface area contributed by atoms with Gasteiger partial charge in [0.05, 0.1) is 11.9 Å². The van der Waals surface area contributed by atoms with Crippen LogP contribution in [0.2, 0.25) is 0 Å². The van der Waals surface area contributed by atoms with Gasteiger partial charge in [0.1, 0.15) is 6.04 Å². The zero-order chi connectivity index (χ0) is 12.7.